The van der Waals surface area contributed by atoms with Crippen molar-refractivity contribution in [1.82, 2.24) is 0 Å². The Morgan fingerprint density at radius 2 is 1.19 bits per heavy atom. The number of rotatable bonds is 32. The molecule has 0 spiro atoms. The quantitative estimate of drug-likeness (QED) is 0.0354. The van der Waals surface area contributed by atoms with Gasteiger partial charge in [0.1, 0.15) is 30.5 Å². The summed E-state index contributed by atoms with van der Waals surface area (Å²) in [5.41, 5.74) is 0. The average Bonchev–Trinajstić information content (AvgIpc) is 3.04. The summed E-state index contributed by atoms with van der Waals surface area (Å²) in [4.78, 5) is 12.1. The molecule has 6 atom stereocenters. The monoisotopic (exact) mass is 712 g/mol. The lowest BCUT2D eigenvalue weighted by Crippen LogP contribution is -2.60. The Bertz CT molecular complexity index is 874. The second-order valence-electron chi connectivity index (χ2n) is 13.2. The summed E-state index contributed by atoms with van der Waals surface area (Å²) in [5.74, 6) is -0.449. The highest BCUT2D eigenvalue weighted by Gasteiger charge is 2.48. The van der Waals surface area contributed by atoms with Crippen LogP contribution < -0.4 is 0 Å². The van der Waals surface area contributed by atoms with E-state index in [4.69, 9.17) is 23.5 Å². The van der Waals surface area contributed by atoms with Crippen LogP contribution in [0.5, 0.6) is 0 Å². The number of aliphatic hydroxyl groups excluding tert-OH is 3. The minimum Gasteiger partial charge on any atom is -0.457 e. The van der Waals surface area contributed by atoms with Crippen molar-refractivity contribution in [3.8, 4) is 0 Å². The maximum atomic E-state index is 12.1. The van der Waals surface area contributed by atoms with Crippen molar-refractivity contribution in [1.29, 1.82) is 0 Å². The number of hydrogen-bond donors (Lipinski definition) is 4. The van der Waals surface area contributed by atoms with E-state index in [9.17, 15) is 28.5 Å². The van der Waals surface area contributed by atoms with Gasteiger partial charge in [-0.3, -0.25) is 9.35 Å². The van der Waals surface area contributed by atoms with Gasteiger partial charge in [0.2, 0.25) is 0 Å². The maximum Gasteiger partial charge on any atom is 0.397 e. The molecule has 12 nitrogen and oxygen atoms in total. The second kappa shape index (κ2) is 28.8. The van der Waals surface area contributed by atoms with Gasteiger partial charge < -0.3 is 34.3 Å². The van der Waals surface area contributed by atoms with Gasteiger partial charge in [-0.15, -0.1) is 0 Å². The molecular formula is C35H68O12S. The van der Waals surface area contributed by atoms with Crippen LogP contribution in [0.15, 0.2) is 0 Å². The van der Waals surface area contributed by atoms with Crippen LogP contribution in [0.4, 0.5) is 0 Å². The molecular weight excluding hydrogens is 644 g/mol. The summed E-state index contributed by atoms with van der Waals surface area (Å²) >= 11 is 0. The van der Waals surface area contributed by atoms with E-state index in [1.165, 1.54) is 109 Å². The van der Waals surface area contributed by atoms with E-state index < -0.39 is 59.8 Å². The summed E-state index contributed by atoms with van der Waals surface area (Å²) < 4.78 is 57.9. The summed E-state index contributed by atoms with van der Waals surface area (Å²) in [6.07, 6.45) is 17.7. The van der Waals surface area contributed by atoms with E-state index in [0.29, 0.717) is 13.0 Å². The average molecular weight is 713 g/mol. The van der Waals surface area contributed by atoms with Gasteiger partial charge in [-0.2, -0.15) is 8.42 Å². The normalized spacial score (nSPS) is 22.2. The number of carbonyl (C=O) groups excluding carboxylic acids is 1. The lowest BCUT2D eigenvalue weighted by molar-refractivity contribution is -0.301. The number of ether oxygens (including phenoxy) is 4. The van der Waals surface area contributed by atoms with Crippen molar-refractivity contribution in [2.75, 3.05) is 26.4 Å². The standard InChI is InChI=1S/C35H68O12S/c1-3-5-6-7-8-9-10-11-12-13-14-15-16-17-18-19-20-21-22-23-25-43-27-29(45-31(37)24-4-2)28-44-35-33(39)34(47-48(40,41)42)32(38)30(26-36)46-35/h29-30,32-36,38-39H,3-28H2,1-2H3,(H,40,41,42). The Kier molecular flexibility index (Phi) is 27.0. The van der Waals surface area contributed by atoms with Crippen LogP contribution in [-0.2, 0) is 38.3 Å². The molecule has 4 N–H and O–H groups in total. The van der Waals surface area contributed by atoms with E-state index in [2.05, 4.69) is 11.1 Å². The molecule has 0 aromatic rings. The fourth-order valence-corrected chi connectivity index (χ4v) is 6.39. The van der Waals surface area contributed by atoms with Crippen LogP contribution in [0.2, 0.25) is 0 Å². The summed E-state index contributed by atoms with van der Waals surface area (Å²) in [7, 11) is -5.04. The molecule has 1 aliphatic heterocycles. The van der Waals surface area contributed by atoms with Gasteiger partial charge in [0.25, 0.3) is 0 Å². The zero-order valence-electron chi connectivity index (χ0n) is 29.8. The Morgan fingerprint density at radius 1 is 0.708 bits per heavy atom. The molecule has 6 unspecified atom stereocenters. The van der Waals surface area contributed by atoms with Crippen molar-refractivity contribution in [3.63, 3.8) is 0 Å². The fraction of sp³-hybridized carbons (Fsp3) is 0.971. The van der Waals surface area contributed by atoms with Gasteiger partial charge in [0.15, 0.2) is 6.29 Å². The molecule has 0 bridgehead atoms. The second-order valence-corrected chi connectivity index (χ2v) is 14.2. The first-order chi connectivity index (χ1) is 23.1. The molecule has 0 aromatic carbocycles. The van der Waals surface area contributed by atoms with Crippen LogP contribution in [0, 0.1) is 0 Å². The van der Waals surface area contributed by atoms with Crippen molar-refractivity contribution in [2.45, 2.75) is 192 Å². The molecule has 13 heteroatoms. The maximum absolute atomic E-state index is 12.1. The Morgan fingerprint density at radius 3 is 1.62 bits per heavy atom. The third kappa shape index (κ3) is 22.7. The first kappa shape index (κ1) is 45.1. The molecule has 0 aliphatic carbocycles. The summed E-state index contributed by atoms with van der Waals surface area (Å²) in [5, 5.41) is 30.2. The van der Waals surface area contributed by atoms with Gasteiger partial charge in [0, 0.05) is 13.0 Å². The molecule has 1 rings (SSSR count). The molecule has 1 fully saturated rings. The topological polar surface area (TPSA) is 178 Å². The molecule has 1 saturated heterocycles. The molecule has 0 radical (unpaired) electrons. The highest BCUT2D eigenvalue weighted by Crippen LogP contribution is 2.26. The molecule has 1 heterocycles. The Hall–Kier alpha value is -0.900. The highest BCUT2D eigenvalue weighted by molar-refractivity contribution is 7.80. The molecule has 0 saturated carbocycles. The molecule has 0 aromatic heterocycles. The van der Waals surface area contributed by atoms with Gasteiger partial charge in [0.05, 0.1) is 19.8 Å². The van der Waals surface area contributed by atoms with E-state index in [-0.39, 0.29) is 19.6 Å². The van der Waals surface area contributed by atoms with Crippen LogP contribution >= 0.6 is 0 Å². The molecule has 1 aliphatic rings. The zero-order valence-corrected chi connectivity index (χ0v) is 30.6. The Labute approximate surface area is 290 Å². The largest absolute Gasteiger partial charge is 0.457 e. The zero-order chi connectivity index (χ0) is 35.5. The number of unbranched alkanes of at least 4 members (excludes halogenated alkanes) is 19. The van der Waals surface area contributed by atoms with Crippen molar-refractivity contribution in [3.05, 3.63) is 0 Å². The first-order valence-electron chi connectivity index (χ1n) is 18.8. The number of hydrogen-bond acceptors (Lipinski definition) is 11. The number of esters is 1. The van der Waals surface area contributed by atoms with Crippen LogP contribution in [0.25, 0.3) is 0 Å². The van der Waals surface area contributed by atoms with Gasteiger partial charge in [-0.1, -0.05) is 136 Å². The summed E-state index contributed by atoms with van der Waals surface area (Å²) in [6, 6.07) is 0. The van der Waals surface area contributed by atoms with Crippen molar-refractivity contribution >= 4 is 16.4 Å². The van der Waals surface area contributed by atoms with E-state index in [1.54, 1.807) is 0 Å². The lowest BCUT2D eigenvalue weighted by Gasteiger charge is -2.41. The third-order valence-corrected chi connectivity index (χ3v) is 9.16. The number of aliphatic hydroxyl groups is 3. The van der Waals surface area contributed by atoms with Crippen LogP contribution in [0.3, 0.4) is 0 Å². The third-order valence-electron chi connectivity index (χ3n) is 8.70. The first-order valence-corrected chi connectivity index (χ1v) is 20.2. The summed E-state index contributed by atoms with van der Waals surface area (Å²) in [6.45, 7) is 3.61. The minimum absolute atomic E-state index is 0.0361. The van der Waals surface area contributed by atoms with Gasteiger partial charge in [-0.05, 0) is 12.8 Å². The SMILES string of the molecule is CCCCCCCCCCCCCCCCCCCCCCOCC(COC1OC(CO)C(O)C(OS(=O)(=O)O)C1O)OC(=O)CCC. The molecule has 286 valence electrons. The number of carbonyl (C=O) groups is 1. The van der Waals surface area contributed by atoms with Gasteiger partial charge in [-0.25, -0.2) is 4.18 Å². The van der Waals surface area contributed by atoms with Crippen molar-refractivity contribution in [2.24, 2.45) is 0 Å². The van der Waals surface area contributed by atoms with Crippen LogP contribution in [0.1, 0.15) is 155 Å². The minimum atomic E-state index is -5.04. The fourth-order valence-electron chi connectivity index (χ4n) is 5.89. The predicted molar refractivity (Wildman–Crippen MR) is 184 cm³/mol. The molecule has 0 amide bonds. The predicted octanol–water partition coefficient (Wildman–Crippen LogP) is 6.18. The lowest BCUT2D eigenvalue weighted by atomic mass is 9.99. The van der Waals surface area contributed by atoms with Crippen molar-refractivity contribution < 1.29 is 56.2 Å². The Balaban J connectivity index is 2.18. The molecule has 48 heavy (non-hydrogen) atoms. The van der Waals surface area contributed by atoms with E-state index >= 15 is 0 Å². The van der Waals surface area contributed by atoms with E-state index in [1.807, 2.05) is 6.92 Å². The van der Waals surface area contributed by atoms with Crippen LogP contribution in [-0.4, -0.2) is 97.5 Å². The van der Waals surface area contributed by atoms with E-state index in [0.717, 1.165) is 19.3 Å². The highest BCUT2D eigenvalue weighted by atomic mass is 32.3. The smallest absolute Gasteiger partial charge is 0.397 e. The van der Waals surface area contributed by atoms with Gasteiger partial charge >= 0.3 is 16.4 Å².